The van der Waals surface area contributed by atoms with Crippen LogP contribution in [0.2, 0.25) is 0 Å². The van der Waals surface area contributed by atoms with E-state index in [1.54, 1.807) is 0 Å². The molecule has 0 rings (SSSR count). The van der Waals surface area contributed by atoms with E-state index < -0.39 is 24.0 Å². The topological polar surface area (TPSA) is 127 Å². The first-order valence-corrected chi connectivity index (χ1v) is 7.40. The van der Waals surface area contributed by atoms with Gasteiger partial charge in [0.05, 0.1) is 0 Å². The monoisotopic (exact) mass is 328 g/mol. The van der Waals surface area contributed by atoms with Gasteiger partial charge in [-0.3, -0.25) is 0 Å². The van der Waals surface area contributed by atoms with Crippen LogP contribution in [0, 0.1) is 0 Å². The quantitative estimate of drug-likeness (QED) is 0.321. The van der Waals surface area contributed by atoms with E-state index in [1.807, 2.05) is 0 Å². The third kappa shape index (κ3) is 7.40. The molecule has 6 N–H and O–H groups in total. The van der Waals surface area contributed by atoms with Crippen LogP contribution in [-0.2, 0) is 9.59 Å². The Hall–Kier alpha value is 0.118. The van der Waals surface area contributed by atoms with Crippen LogP contribution in [0.3, 0.4) is 0 Å². The summed E-state index contributed by atoms with van der Waals surface area (Å²) in [6.07, 6.45) is 0. The maximum atomic E-state index is 10.4. The minimum absolute atomic E-state index is 0.00306. The molecule has 0 amide bonds. The molecule has 0 aliphatic carbocycles. The summed E-state index contributed by atoms with van der Waals surface area (Å²) in [7, 11) is 0. The van der Waals surface area contributed by atoms with Crippen molar-refractivity contribution in [3.63, 3.8) is 0 Å². The number of rotatable bonds is 8. The SMILES string of the molecule is N[C@H](CSC([As])SC[C@@H](N)C(=O)O)C(=O)O. The van der Waals surface area contributed by atoms with Crippen molar-refractivity contribution in [2.24, 2.45) is 11.5 Å². The van der Waals surface area contributed by atoms with Crippen molar-refractivity contribution >= 4 is 52.3 Å². The van der Waals surface area contributed by atoms with Crippen LogP contribution in [0.1, 0.15) is 0 Å². The number of carbonyl (C=O) groups is 2. The Morgan fingerprint density at radius 2 is 1.38 bits per heavy atom. The van der Waals surface area contributed by atoms with E-state index in [9.17, 15) is 9.59 Å². The molecule has 9 heteroatoms. The third-order valence-corrected chi connectivity index (χ3v) is 5.84. The average Bonchev–Trinajstić information content (AvgIpc) is 2.21. The molecule has 0 fully saturated rings. The summed E-state index contributed by atoms with van der Waals surface area (Å²) in [6.45, 7) is 0. The molecule has 0 saturated heterocycles. The van der Waals surface area contributed by atoms with Crippen molar-refractivity contribution in [2.75, 3.05) is 11.5 Å². The number of aliphatic carboxylic acids is 2. The van der Waals surface area contributed by atoms with E-state index in [0.717, 1.165) is 0 Å². The fraction of sp³-hybridized carbons (Fsp3) is 0.714. The third-order valence-electron chi connectivity index (χ3n) is 1.47. The first kappa shape index (κ1) is 16.1. The zero-order chi connectivity index (χ0) is 12.7. The fourth-order valence-corrected chi connectivity index (χ4v) is 3.53. The van der Waals surface area contributed by atoms with Crippen LogP contribution in [0.5, 0.6) is 0 Å². The summed E-state index contributed by atoms with van der Waals surface area (Å²) in [6, 6.07) is -1.80. The Balaban J connectivity index is 3.70. The van der Waals surface area contributed by atoms with Gasteiger partial charge < -0.3 is 0 Å². The van der Waals surface area contributed by atoms with Gasteiger partial charge in [0.2, 0.25) is 0 Å². The van der Waals surface area contributed by atoms with Crippen molar-refractivity contribution in [3.05, 3.63) is 0 Å². The Morgan fingerprint density at radius 1 is 1.06 bits per heavy atom. The van der Waals surface area contributed by atoms with Gasteiger partial charge in [-0.25, -0.2) is 0 Å². The predicted octanol–water partition coefficient (Wildman–Crippen LogP) is -1.27. The molecule has 0 aliphatic heterocycles. The molecule has 0 spiro atoms. The van der Waals surface area contributed by atoms with Gasteiger partial charge in [0.25, 0.3) is 0 Å². The Bertz CT molecular complexity index is 233. The molecule has 2 radical (unpaired) electrons. The number of hydrogen-bond acceptors (Lipinski definition) is 6. The van der Waals surface area contributed by atoms with Gasteiger partial charge in [0.15, 0.2) is 0 Å². The number of carboxylic acids is 2. The van der Waals surface area contributed by atoms with Crippen LogP contribution in [0.25, 0.3) is 0 Å². The summed E-state index contributed by atoms with van der Waals surface area (Å²) < 4.78 is 0.00306. The van der Waals surface area contributed by atoms with Crippen LogP contribution >= 0.6 is 23.5 Å². The fourth-order valence-electron chi connectivity index (χ4n) is 0.563. The summed E-state index contributed by atoms with van der Waals surface area (Å²) >= 11 is 5.02. The Kier molecular flexibility index (Phi) is 8.31. The van der Waals surface area contributed by atoms with Gasteiger partial charge in [-0.15, -0.1) is 0 Å². The summed E-state index contributed by atoms with van der Waals surface area (Å²) in [5, 5.41) is 17.1. The van der Waals surface area contributed by atoms with Crippen LogP contribution in [-0.4, -0.2) is 66.0 Å². The van der Waals surface area contributed by atoms with E-state index in [-0.39, 0.29) is 14.9 Å². The molecule has 0 heterocycles. The molecular formula is C7H13AsN2O4S2. The van der Waals surface area contributed by atoms with Crippen molar-refractivity contribution in [2.45, 2.75) is 15.5 Å². The van der Waals surface area contributed by atoms with E-state index >= 15 is 0 Å². The Morgan fingerprint density at radius 3 is 1.62 bits per heavy atom. The number of thioether (sulfide) groups is 2. The second-order valence-electron chi connectivity index (χ2n) is 2.86. The maximum absolute atomic E-state index is 10.4. The van der Waals surface area contributed by atoms with Crippen LogP contribution in [0.4, 0.5) is 0 Å². The number of nitrogens with two attached hydrogens (primary N) is 2. The summed E-state index contributed by atoms with van der Waals surface area (Å²) in [4.78, 5) is 20.8. The molecule has 6 nitrogen and oxygen atoms in total. The molecule has 0 aromatic rings. The van der Waals surface area contributed by atoms with Crippen molar-refractivity contribution < 1.29 is 19.8 Å². The molecule has 0 bridgehead atoms. The normalized spacial score (nSPS) is 14.8. The van der Waals surface area contributed by atoms with E-state index in [2.05, 4.69) is 16.9 Å². The van der Waals surface area contributed by atoms with Gasteiger partial charge in [0, 0.05) is 0 Å². The van der Waals surface area contributed by atoms with Crippen molar-refractivity contribution in [3.8, 4) is 0 Å². The number of hydrogen-bond donors (Lipinski definition) is 4. The summed E-state index contributed by atoms with van der Waals surface area (Å²) in [5.74, 6) is -1.52. The van der Waals surface area contributed by atoms with Gasteiger partial charge in [-0.1, -0.05) is 0 Å². The second kappa shape index (κ2) is 8.24. The van der Waals surface area contributed by atoms with E-state index in [0.29, 0.717) is 0 Å². The molecule has 0 unspecified atom stereocenters. The Labute approximate surface area is 110 Å². The van der Waals surface area contributed by atoms with E-state index in [1.165, 1.54) is 23.5 Å². The standard InChI is InChI=1S/C7H13AsN2O4S2/c8-7(15-1-3(9)5(11)12)16-2-4(10)6(13)14/h3-4,7H,1-2,9-10H2,(H,11,12)(H,13,14)/t3-,4-/m1/s1. The first-order chi connectivity index (χ1) is 7.34. The van der Waals surface area contributed by atoms with E-state index in [4.69, 9.17) is 21.7 Å². The van der Waals surface area contributed by atoms with Crippen molar-refractivity contribution in [1.29, 1.82) is 0 Å². The zero-order valence-electron chi connectivity index (χ0n) is 8.28. The molecule has 92 valence electrons. The van der Waals surface area contributed by atoms with Crippen LogP contribution in [0.15, 0.2) is 0 Å². The van der Waals surface area contributed by atoms with Crippen molar-refractivity contribution in [1.82, 2.24) is 0 Å². The van der Waals surface area contributed by atoms with Gasteiger partial charge >= 0.3 is 111 Å². The number of carboxylic acid groups (broad SMARTS) is 2. The van der Waals surface area contributed by atoms with Gasteiger partial charge in [-0.2, -0.15) is 0 Å². The molecule has 2 atom stereocenters. The first-order valence-electron chi connectivity index (χ1n) is 4.22. The van der Waals surface area contributed by atoms with Gasteiger partial charge in [0.1, 0.15) is 0 Å². The summed E-state index contributed by atoms with van der Waals surface area (Å²) in [5.41, 5.74) is 10.6. The van der Waals surface area contributed by atoms with Gasteiger partial charge in [-0.05, 0) is 0 Å². The molecule has 16 heavy (non-hydrogen) atoms. The average molecular weight is 328 g/mol. The minimum atomic E-state index is -1.04. The molecule has 0 aromatic carbocycles. The molecule has 0 saturated carbocycles. The molecule has 0 aliphatic rings. The zero-order valence-corrected chi connectivity index (χ0v) is 11.8. The van der Waals surface area contributed by atoms with Crippen LogP contribution < -0.4 is 11.5 Å². The molecular weight excluding hydrogens is 315 g/mol. The predicted molar refractivity (Wildman–Crippen MR) is 65.7 cm³/mol. The second-order valence-corrected chi connectivity index (χ2v) is 8.04. The molecule has 0 aromatic heterocycles.